The predicted octanol–water partition coefficient (Wildman–Crippen LogP) is 3.39. The van der Waals surface area contributed by atoms with E-state index in [0.717, 1.165) is 11.0 Å². The lowest BCUT2D eigenvalue weighted by atomic mass is 10.2. The number of methoxy groups -OCH3 is 1. The number of esters is 1. The van der Waals surface area contributed by atoms with Crippen LogP contribution in [-0.2, 0) is 21.3 Å². The van der Waals surface area contributed by atoms with Crippen LogP contribution in [0.3, 0.4) is 0 Å². The Hall–Kier alpha value is -4.05. The van der Waals surface area contributed by atoms with Crippen molar-refractivity contribution >= 4 is 32.7 Å². The van der Waals surface area contributed by atoms with Gasteiger partial charge in [-0.15, -0.1) is 0 Å². The molecule has 1 aromatic heterocycles. The predicted molar refractivity (Wildman–Crippen MR) is 128 cm³/mol. The van der Waals surface area contributed by atoms with Gasteiger partial charge in [-0.3, -0.25) is 9.29 Å². The minimum Gasteiger partial charge on any atom is -0.497 e. The first-order valence-corrected chi connectivity index (χ1v) is 12.0. The molecule has 0 amide bonds. The number of fused-ring (bicyclic) bond motifs is 1. The Morgan fingerprint density at radius 3 is 2.47 bits per heavy atom. The van der Waals surface area contributed by atoms with E-state index in [0.29, 0.717) is 18.7 Å². The number of para-hydroxylation sites is 3. The topological polar surface area (TPSA) is 119 Å². The SMILES string of the molecule is COc1ccc(S(=O)(=O)Nc2ccccc2C(=O)OCCCn2c(=O)[nH]c3ccccc32)cc1. The molecule has 3 aromatic carbocycles. The summed E-state index contributed by atoms with van der Waals surface area (Å²) in [5.41, 5.74) is 1.48. The van der Waals surface area contributed by atoms with Crippen molar-refractivity contribution < 1.29 is 22.7 Å². The van der Waals surface area contributed by atoms with Gasteiger partial charge < -0.3 is 14.5 Å². The highest BCUT2D eigenvalue weighted by Gasteiger charge is 2.19. The van der Waals surface area contributed by atoms with Gasteiger partial charge in [-0.25, -0.2) is 18.0 Å². The van der Waals surface area contributed by atoms with Crippen molar-refractivity contribution in [3.8, 4) is 5.75 Å². The number of imidazole rings is 1. The normalized spacial score (nSPS) is 11.3. The summed E-state index contributed by atoms with van der Waals surface area (Å²) < 4.78 is 40.0. The standard InChI is InChI=1S/C24H23N3O6S/c1-32-17-11-13-18(14-12-17)34(30,31)26-20-8-3-2-7-19(20)23(28)33-16-6-15-27-22-10-5-4-9-21(22)25-24(27)29/h2-5,7-14,26H,6,15-16H2,1H3,(H,25,29). The molecule has 0 spiro atoms. The van der Waals surface area contributed by atoms with E-state index in [1.54, 1.807) is 16.7 Å². The summed E-state index contributed by atoms with van der Waals surface area (Å²) in [6.07, 6.45) is 0.410. The maximum atomic E-state index is 12.8. The van der Waals surface area contributed by atoms with Gasteiger partial charge >= 0.3 is 11.7 Å². The Kier molecular flexibility index (Phi) is 6.69. The first kappa shape index (κ1) is 23.1. The number of rotatable bonds is 9. The van der Waals surface area contributed by atoms with Crippen LogP contribution in [0.5, 0.6) is 5.75 Å². The molecule has 0 atom stereocenters. The zero-order valence-electron chi connectivity index (χ0n) is 18.4. The molecule has 0 saturated carbocycles. The second kappa shape index (κ2) is 9.84. The van der Waals surface area contributed by atoms with Crippen LogP contribution in [0.15, 0.2) is 82.5 Å². The highest BCUT2D eigenvalue weighted by Crippen LogP contribution is 2.22. The summed E-state index contributed by atoms with van der Waals surface area (Å²) >= 11 is 0. The summed E-state index contributed by atoms with van der Waals surface area (Å²) in [5.74, 6) is -0.142. The fourth-order valence-electron chi connectivity index (χ4n) is 3.50. The number of hydrogen-bond acceptors (Lipinski definition) is 6. The maximum Gasteiger partial charge on any atom is 0.340 e. The number of anilines is 1. The van der Waals surface area contributed by atoms with Crippen molar-refractivity contribution in [1.82, 2.24) is 9.55 Å². The van der Waals surface area contributed by atoms with Gasteiger partial charge in [-0.2, -0.15) is 0 Å². The molecule has 4 rings (SSSR count). The molecule has 9 nitrogen and oxygen atoms in total. The summed E-state index contributed by atoms with van der Waals surface area (Å²) in [4.78, 5) is 27.6. The van der Waals surface area contributed by atoms with E-state index in [4.69, 9.17) is 9.47 Å². The fourth-order valence-corrected chi connectivity index (χ4v) is 4.58. The van der Waals surface area contributed by atoms with Gasteiger partial charge in [0.05, 0.1) is 40.9 Å². The number of ether oxygens (including phenoxy) is 2. The number of aromatic amines is 1. The van der Waals surface area contributed by atoms with Crippen LogP contribution in [0, 0.1) is 0 Å². The zero-order chi connectivity index (χ0) is 24.1. The molecular weight excluding hydrogens is 458 g/mol. The number of hydrogen-bond donors (Lipinski definition) is 2. The molecule has 0 bridgehead atoms. The van der Waals surface area contributed by atoms with Crippen molar-refractivity contribution in [2.45, 2.75) is 17.9 Å². The Morgan fingerprint density at radius 1 is 1.00 bits per heavy atom. The average Bonchev–Trinajstić information content (AvgIpc) is 3.16. The lowest BCUT2D eigenvalue weighted by molar-refractivity contribution is 0.0497. The average molecular weight is 482 g/mol. The fraction of sp³-hybridized carbons (Fsp3) is 0.167. The van der Waals surface area contributed by atoms with Crippen molar-refractivity contribution in [3.05, 3.63) is 88.8 Å². The van der Waals surface area contributed by atoms with Crippen LogP contribution < -0.4 is 15.1 Å². The minimum atomic E-state index is -3.93. The third kappa shape index (κ3) is 4.96. The second-order valence-electron chi connectivity index (χ2n) is 7.42. The van der Waals surface area contributed by atoms with Gasteiger partial charge in [-0.1, -0.05) is 24.3 Å². The number of benzene rings is 3. The highest BCUT2D eigenvalue weighted by atomic mass is 32.2. The van der Waals surface area contributed by atoms with Crippen LogP contribution in [-0.4, -0.2) is 37.7 Å². The van der Waals surface area contributed by atoms with Gasteiger partial charge in [0.25, 0.3) is 10.0 Å². The number of carbonyl (C=O) groups is 1. The number of nitrogens with zero attached hydrogens (tertiary/aromatic N) is 1. The van der Waals surface area contributed by atoms with Crippen LogP contribution >= 0.6 is 0 Å². The van der Waals surface area contributed by atoms with Gasteiger partial charge in [0.15, 0.2) is 0 Å². The lowest BCUT2D eigenvalue weighted by Crippen LogP contribution is -2.19. The van der Waals surface area contributed by atoms with Crippen LogP contribution in [0.4, 0.5) is 5.69 Å². The van der Waals surface area contributed by atoms with E-state index in [9.17, 15) is 18.0 Å². The van der Waals surface area contributed by atoms with Gasteiger partial charge in [0.1, 0.15) is 5.75 Å². The largest absolute Gasteiger partial charge is 0.497 e. The van der Waals surface area contributed by atoms with E-state index in [-0.39, 0.29) is 28.4 Å². The molecule has 1 heterocycles. The number of H-pyrrole nitrogens is 1. The van der Waals surface area contributed by atoms with E-state index < -0.39 is 16.0 Å². The smallest absolute Gasteiger partial charge is 0.340 e. The molecule has 0 fully saturated rings. The first-order chi connectivity index (χ1) is 16.4. The Balaban J connectivity index is 1.41. The number of sulfonamides is 1. The third-order valence-corrected chi connectivity index (χ3v) is 6.58. The second-order valence-corrected chi connectivity index (χ2v) is 9.10. The Morgan fingerprint density at radius 2 is 1.71 bits per heavy atom. The van der Waals surface area contributed by atoms with Crippen molar-refractivity contribution in [3.63, 3.8) is 0 Å². The first-order valence-electron chi connectivity index (χ1n) is 10.5. The van der Waals surface area contributed by atoms with Crippen LogP contribution in [0.25, 0.3) is 11.0 Å². The quantitative estimate of drug-likeness (QED) is 0.279. The molecular formula is C24H23N3O6S. The van der Waals surface area contributed by atoms with Crippen LogP contribution in [0.2, 0.25) is 0 Å². The molecule has 2 N–H and O–H groups in total. The minimum absolute atomic E-state index is 0.0284. The molecule has 4 aromatic rings. The monoisotopic (exact) mass is 481 g/mol. The molecule has 0 aliphatic carbocycles. The lowest BCUT2D eigenvalue weighted by Gasteiger charge is -2.13. The molecule has 0 aliphatic rings. The van der Waals surface area contributed by atoms with Crippen molar-refractivity contribution in [1.29, 1.82) is 0 Å². The van der Waals surface area contributed by atoms with Crippen LogP contribution in [0.1, 0.15) is 16.8 Å². The third-order valence-electron chi connectivity index (χ3n) is 5.20. The molecule has 0 aliphatic heterocycles. The molecule has 34 heavy (non-hydrogen) atoms. The van der Waals surface area contributed by atoms with Gasteiger partial charge in [-0.05, 0) is 55.0 Å². The van der Waals surface area contributed by atoms with Crippen molar-refractivity contribution in [2.75, 3.05) is 18.4 Å². The molecule has 10 heteroatoms. The summed E-state index contributed by atoms with van der Waals surface area (Å²) in [6, 6.07) is 19.4. The molecule has 176 valence electrons. The zero-order valence-corrected chi connectivity index (χ0v) is 19.2. The summed E-state index contributed by atoms with van der Waals surface area (Å²) in [6.45, 7) is 0.423. The number of nitrogens with one attached hydrogen (secondary N) is 2. The number of aryl methyl sites for hydroxylation is 1. The molecule has 0 radical (unpaired) electrons. The number of aromatic nitrogens is 2. The van der Waals surface area contributed by atoms with Gasteiger partial charge in [0.2, 0.25) is 0 Å². The highest BCUT2D eigenvalue weighted by molar-refractivity contribution is 7.92. The van der Waals surface area contributed by atoms with E-state index in [1.165, 1.54) is 43.5 Å². The summed E-state index contributed by atoms with van der Waals surface area (Å²) in [5, 5.41) is 0. The molecule has 0 saturated heterocycles. The van der Waals surface area contributed by atoms with Crippen molar-refractivity contribution in [2.24, 2.45) is 0 Å². The Bertz CT molecular complexity index is 1470. The van der Waals surface area contributed by atoms with E-state index >= 15 is 0 Å². The summed E-state index contributed by atoms with van der Waals surface area (Å²) in [7, 11) is -2.44. The maximum absolute atomic E-state index is 12.8. The Labute approximate surface area is 196 Å². The number of carbonyl (C=O) groups excluding carboxylic acids is 1. The van der Waals surface area contributed by atoms with Gasteiger partial charge in [0, 0.05) is 6.54 Å². The van der Waals surface area contributed by atoms with E-state index in [2.05, 4.69) is 9.71 Å². The molecule has 0 unspecified atom stereocenters. The van der Waals surface area contributed by atoms with E-state index in [1.807, 2.05) is 24.3 Å².